The van der Waals surface area contributed by atoms with Gasteiger partial charge in [-0.1, -0.05) is 24.2 Å². The second-order valence-corrected chi connectivity index (χ2v) is 5.89. The number of fused-ring (bicyclic) bond motifs is 1. The molecular weight excluding hydrogens is 280 g/mol. The number of para-hydroxylation sites is 2. The van der Waals surface area contributed by atoms with Gasteiger partial charge in [-0.15, -0.1) is 0 Å². The summed E-state index contributed by atoms with van der Waals surface area (Å²) in [4.78, 5) is 9.02. The molecule has 0 fully saturated rings. The number of methoxy groups -OCH3 is 1. The van der Waals surface area contributed by atoms with Crippen LogP contribution in [0.2, 0.25) is 0 Å². The first-order chi connectivity index (χ1) is 10.7. The van der Waals surface area contributed by atoms with E-state index in [9.17, 15) is 0 Å². The van der Waals surface area contributed by atoms with Gasteiger partial charge in [0.2, 0.25) is 0 Å². The van der Waals surface area contributed by atoms with Gasteiger partial charge in [0.1, 0.15) is 6.61 Å². The number of nitrogens with zero attached hydrogens (tertiary/aromatic N) is 4. The van der Waals surface area contributed by atoms with Crippen molar-refractivity contribution >= 4 is 11.4 Å². The maximum Gasteiger partial charge on any atom is 0.252 e. The molecule has 22 heavy (non-hydrogen) atoms. The Balaban J connectivity index is 1.86. The van der Waals surface area contributed by atoms with Crippen molar-refractivity contribution in [2.24, 2.45) is 5.92 Å². The van der Waals surface area contributed by atoms with Crippen LogP contribution >= 0.6 is 0 Å². The molecule has 1 atom stereocenters. The van der Waals surface area contributed by atoms with Gasteiger partial charge in [0.25, 0.3) is 5.89 Å². The van der Waals surface area contributed by atoms with E-state index in [0.717, 1.165) is 13.1 Å². The van der Waals surface area contributed by atoms with Crippen LogP contribution in [0, 0.1) is 5.92 Å². The van der Waals surface area contributed by atoms with Crippen LogP contribution in [0.4, 0.5) is 11.4 Å². The van der Waals surface area contributed by atoms with Crippen LogP contribution in [0.1, 0.15) is 18.6 Å². The minimum Gasteiger partial charge on any atom is -0.375 e. The van der Waals surface area contributed by atoms with Crippen molar-refractivity contribution in [3.8, 4) is 0 Å². The molecule has 0 saturated heterocycles. The Morgan fingerprint density at radius 2 is 2.05 bits per heavy atom. The predicted octanol–water partition coefficient (Wildman–Crippen LogP) is 2.31. The lowest BCUT2D eigenvalue weighted by molar-refractivity contribution is 0.151. The van der Waals surface area contributed by atoms with Gasteiger partial charge in [-0.2, -0.15) is 4.98 Å². The highest BCUT2D eigenvalue weighted by molar-refractivity contribution is 5.71. The van der Waals surface area contributed by atoms with Crippen LogP contribution in [0.3, 0.4) is 0 Å². The van der Waals surface area contributed by atoms with E-state index in [1.165, 1.54) is 11.4 Å². The number of hydrogen-bond acceptors (Lipinski definition) is 6. The quantitative estimate of drug-likeness (QED) is 0.864. The van der Waals surface area contributed by atoms with E-state index < -0.39 is 0 Å². The van der Waals surface area contributed by atoms with Crippen molar-refractivity contribution in [2.45, 2.75) is 20.1 Å². The number of anilines is 2. The fraction of sp³-hybridized carbons (Fsp3) is 0.500. The second kappa shape index (κ2) is 6.36. The number of benzene rings is 1. The number of aromatic nitrogens is 2. The Labute approximate surface area is 130 Å². The lowest BCUT2D eigenvalue weighted by Gasteiger charge is -2.25. The van der Waals surface area contributed by atoms with E-state index in [4.69, 9.17) is 9.26 Å². The lowest BCUT2D eigenvalue weighted by atomic mass is 10.1. The summed E-state index contributed by atoms with van der Waals surface area (Å²) >= 11 is 0. The molecule has 1 unspecified atom stereocenters. The second-order valence-electron chi connectivity index (χ2n) is 5.89. The highest BCUT2D eigenvalue weighted by atomic mass is 16.5. The molecule has 1 aliphatic rings. The minimum absolute atomic E-state index is 0.350. The smallest absolute Gasteiger partial charge is 0.252 e. The Hall–Kier alpha value is -2.08. The zero-order chi connectivity index (χ0) is 15.5. The van der Waals surface area contributed by atoms with E-state index in [1.54, 1.807) is 7.11 Å². The zero-order valence-electron chi connectivity index (χ0n) is 13.3. The largest absolute Gasteiger partial charge is 0.375 e. The molecule has 1 aromatic carbocycles. The fourth-order valence-electron chi connectivity index (χ4n) is 3.01. The molecule has 2 heterocycles. The topological polar surface area (TPSA) is 54.6 Å². The molecule has 0 radical (unpaired) electrons. The minimum atomic E-state index is 0.350. The SMILES string of the molecule is COCc1nc(CN2CC(C)CN(C)c3ccccc32)no1. The summed E-state index contributed by atoms with van der Waals surface area (Å²) in [6.45, 7) is 5.26. The average molecular weight is 302 g/mol. The molecule has 1 aromatic heterocycles. The van der Waals surface area contributed by atoms with Crippen molar-refractivity contribution < 1.29 is 9.26 Å². The first kappa shape index (κ1) is 14.8. The molecule has 0 N–H and O–H groups in total. The van der Waals surface area contributed by atoms with Gasteiger partial charge in [0.15, 0.2) is 5.82 Å². The fourth-order valence-corrected chi connectivity index (χ4v) is 3.01. The van der Waals surface area contributed by atoms with E-state index in [0.29, 0.717) is 30.8 Å². The van der Waals surface area contributed by atoms with Gasteiger partial charge >= 0.3 is 0 Å². The summed E-state index contributed by atoms with van der Waals surface area (Å²) < 4.78 is 10.2. The lowest BCUT2D eigenvalue weighted by Crippen LogP contribution is -2.29. The van der Waals surface area contributed by atoms with Gasteiger partial charge in [-0.25, -0.2) is 0 Å². The third-order valence-electron chi connectivity index (χ3n) is 3.86. The molecule has 0 amide bonds. The molecule has 6 nitrogen and oxygen atoms in total. The molecule has 0 bridgehead atoms. The molecule has 6 heteroatoms. The van der Waals surface area contributed by atoms with Crippen LogP contribution < -0.4 is 9.80 Å². The van der Waals surface area contributed by atoms with Gasteiger partial charge in [0, 0.05) is 27.2 Å². The maximum absolute atomic E-state index is 5.19. The van der Waals surface area contributed by atoms with Gasteiger partial charge in [-0.05, 0) is 18.1 Å². The van der Waals surface area contributed by atoms with Crippen LogP contribution in [0.25, 0.3) is 0 Å². The first-order valence-electron chi connectivity index (χ1n) is 7.53. The van der Waals surface area contributed by atoms with Crippen LogP contribution in [-0.2, 0) is 17.9 Å². The zero-order valence-corrected chi connectivity index (χ0v) is 13.3. The van der Waals surface area contributed by atoms with Crippen LogP contribution in [0.5, 0.6) is 0 Å². The summed E-state index contributed by atoms with van der Waals surface area (Å²) in [7, 11) is 3.76. The Morgan fingerprint density at radius 3 is 2.82 bits per heavy atom. The van der Waals surface area contributed by atoms with Crippen molar-refractivity contribution in [3.05, 3.63) is 36.0 Å². The number of hydrogen-bond donors (Lipinski definition) is 0. The molecule has 0 spiro atoms. The van der Waals surface area contributed by atoms with Crippen molar-refractivity contribution in [2.75, 3.05) is 37.0 Å². The molecule has 1 aliphatic heterocycles. The van der Waals surface area contributed by atoms with Crippen molar-refractivity contribution in [3.63, 3.8) is 0 Å². The van der Waals surface area contributed by atoms with Gasteiger partial charge in [0.05, 0.1) is 17.9 Å². The Kier molecular flexibility index (Phi) is 4.29. The highest BCUT2D eigenvalue weighted by Gasteiger charge is 2.23. The summed E-state index contributed by atoms with van der Waals surface area (Å²) in [5.74, 6) is 1.77. The van der Waals surface area contributed by atoms with E-state index in [2.05, 4.69) is 58.2 Å². The molecule has 0 aliphatic carbocycles. The van der Waals surface area contributed by atoms with Crippen molar-refractivity contribution in [1.82, 2.24) is 10.1 Å². The van der Waals surface area contributed by atoms with Gasteiger partial charge < -0.3 is 19.1 Å². The molecule has 2 aromatic rings. The third kappa shape index (κ3) is 3.06. The molecular formula is C16H22N4O2. The van der Waals surface area contributed by atoms with Crippen LogP contribution in [-0.4, -0.2) is 37.4 Å². The number of rotatable bonds is 4. The molecule has 0 saturated carbocycles. The van der Waals surface area contributed by atoms with Gasteiger partial charge in [-0.3, -0.25) is 0 Å². The Bertz CT molecular complexity index is 628. The maximum atomic E-state index is 5.19. The third-order valence-corrected chi connectivity index (χ3v) is 3.86. The normalized spacial score (nSPS) is 18.2. The summed E-state index contributed by atoms with van der Waals surface area (Å²) in [6, 6.07) is 8.46. The van der Waals surface area contributed by atoms with E-state index in [-0.39, 0.29) is 0 Å². The predicted molar refractivity (Wildman–Crippen MR) is 84.9 cm³/mol. The Morgan fingerprint density at radius 1 is 1.27 bits per heavy atom. The molecule has 3 rings (SSSR count). The summed E-state index contributed by atoms with van der Waals surface area (Å²) in [6.07, 6.45) is 0. The summed E-state index contributed by atoms with van der Waals surface area (Å²) in [5, 5.41) is 4.06. The number of ether oxygens (including phenoxy) is 1. The monoisotopic (exact) mass is 302 g/mol. The first-order valence-corrected chi connectivity index (χ1v) is 7.53. The van der Waals surface area contributed by atoms with Crippen molar-refractivity contribution in [1.29, 1.82) is 0 Å². The highest BCUT2D eigenvalue weighted by Crippen LogP contribution is 2.33. The molecule has 118 valence electrons. The standard InChI is InChI=1S/C16H22N4O2/c1-12-8-19(2)13-6-4-5-7-14(13)20(9-12)10-15-17-16(11-21-3)22-18-15/h4-7,12H,8-11H2,1-3H3. The van der Waals surface area contributed by atoms with E-state index >= 15 is 0 Å². The summed E-state index contributed by atoms with van der Waals surface area (Å²) in [5.41, 5.74) is 2.46. The van der Waals surface area contributed by atoms with Crippen LogP contribution in [0.15, 0.2) is 28.8 Å². The average Bonchev–Trinajstić information content (AvgIpc) is 2.89. The van der Waals surface area contributed by atoms with E-state index in [1.807, 2.05) is 0 Å².